The van der Waals surface area contributed by atoms with E-state index < -0.39 is 0 Å². The third-order valence-corrected chi connectivity index (χ3v) is 4.49. The molecule has 1 aromatic heterocycles. The summed E-state index contributed by atoms with van der Waals surface area (Å²) in [7, 11) is 0. The molecule has 2 aromatic carbocycles. The van der Waals surface area contributed by atoms with E-state index in [1.807, 2.05) is 31.2 Å². The van der Waals surface area contributed by atoms with Crippen molar-refractivity contribution in [1.82, 2.24) is 9.59 Å². The molecule has 1 heterocycles. The highest BCUT2D eigenvalue weighted by Crippen LogP contribution is 2.28. The van der Waals surface area contributed by atoms with Crippen LogP contribution >= 0.6 is 34.7 Å². The lowest BCUT2D eigenvalue weighted by atomic mass is 10.1. The Labute approximate surface area is 147 Å². The maximum Gasteiger partial charge on any atom is 0.269 e. The zero-order valence-corrected chi connectivity index (χ0v) is 14.3. The summed E-state index contributed by atoms with van der Waals surface area (Å²) in [5, 5.41) is 7.72. The topological polar surface area (TPSA) is 54.9 Å². The second kappa shape index (κ2) is 6.66. The van der Waals surface area contributed by atoms with Crippen LogP contribution in [-0.4, -0.2) is 15.5 Å². The van der Waals surface area contributed by atoms with Crippen LogP contribution in [0.1, 0.15) is 15.2 Å². The predicted molar refractivity (Wildman–Crippen MR) is 94.5 cm³/mol. The molecule has 0 atom stereocenters. The predicted octanol–water partition coefficient (Wildman–Crippen LogP) is 5.07. The van der Waals surface area contributed by atoms with Crippen LogP contribution in [-0.2, 0) is 0 Å². The van der Waals surface area contributed by atoms with Crippen molar-refractivity contribution < 1.29 is 4.79 Å². The highest BCUT2D eigenvalue weighted by atomic mass is 35.5. The van der Waals surface area contributed by atoms with Crippen LogP contribution in [0.2, 0.25) is 10.0 Å². The van der Waals surface area contributed by atoms with Gasteiger partial charge in [0.15, 0.2) is 0 Å². The fourth-order valence-corrected chi connectivity index (χ4v) is 2.93. The Kier molecular flexibility index (Phi) is 4.61. The van der Waals surface area contributed by atoms with E-state index in [9.17, 15) is 4.79 Å². The van der Waals surface area contributed by atoms with E-state index in [1.54, 1.807) is 18.2 Å². The largest absolute Gasteiger partial charge is 0.320 e. The van der Waals surface area contributed by atoms with Gasteiger partial charge in [-0.25, -0.2) is 0 Å². The third kappa shape index (κ3) is 3.52. The number of anilines is 1. The summed E-state index contributed by atoms with van der Waals surface area (Å²) < 4.78 is 3.90. The number of halogens is 2. The van der Waals surface area contributed by atoms with Crippen LogP contribution in [0, 0.1) is 6.92 Å². The maximum absolute atomic E-state index is 12.5. The van der Waals surface area contributed by atoms with Crippen molar-refractivity contribution in [3.05, 3.63) is 63.0 Å². The first-order valence-corrected chi connectivity index (χ1v) is 8.23. The second-order valence-electron chi connectivity index (χ2n) is 4.89. The molecule has 0 fully saturated rings. The molecule has 0 spiro atoms. The smallest absolute Gasteiger partial charge is 0.269 e. The molecule has 0 unspecified atom stereocenters. The monoisotopic (exact) mass is 363 g/mol. The van der Waals surface area contributed by atoms with Gasteiger partial charge >= 0.3 is 0 Å². The number of rotatable bonds is 3. The van der Waals surface area contributed by atoms with E-state index in [-0.39, 0.29) is 5.91 Å². The van der Waals surface area contributed by atoms with Gasteiger partial charge in [-0.3, -0.25) is 4.79 Å². The standard InChI is InChI=1S/C16H11Cl2N3OS/c1-9-2-4-10(5-3-9)14-15(23-21-20-14)16(22)19-13-8-11(17)6-7-12(13)18/h2-8H,1H3,(H,19,22). The molecule has 3 rings (SSSR count). The maximum atomic E-state index is 12.5. The lowest BCUT2D eigenvalue weighted by molar-refractivity contribution is 0.103. The van der Waals surface area contributed by atoms with Gasteiger partial charge in [-0.05, 0) is 36.7 Å². The minimum Gasteiger partial charge on any atom is -0.320 e. The van der Waals surface area contributed by atoms with Gasteiger partial charge in [0.1, 0.15) is 10.6 Å². The summed E-state index contributed by atoms with van der Waals surface area (Å²) in [5.74, 6) is -0.320. The van der Waals surface area contributed by atoms with Gasteiger partial charge in [-0.2, -0.15) is 0 Å². The van der Waals surface area contributed by atoms with Crippen molar-refractivity contribution in [2.45, 2.75) is 6.92 Å². The van der Waals surface area contributed by atoms with Gasteiger partial charge in [0.25, 0.3) is 5.91 Å². The number of carbonyl (C=O) groups is 1. The fraction of sp³-hybridized carbons (Fsp3) is 0.0625. The van der Waals surface area contributed by atoms with Gasteiger partial charge in [0.05, 0.1) is 10.7 Å². The molecule has 4 nitrogen and oxygen atoms in total. The Hall–Kier alpha value is -1.95. The molecule has 0 radical (unpaired) electrons. The summed E-state index contributed by atoms with van der Waals surface area (Å²) in [6.07, 6.45) is 0. The SMILES string of the molecule is Cc1ccc(-c2nnsc2C(=O)Nc2cc(Cl)ccc2Cl)cc1. The van der Waals surface area contributed by atoms with Gasteiger partial charge in [0, 0.05) is 10.6 Å². The average molecular weight is 364 g/mol. The highest BCUT2D eigenvalue weighted by molar-refractivity contribution is 7.08. The highest BCUT2D eigenvalue weighted by Gasteiger charge is 2.18. The van der Waals surface area contributed by atoms with Crippen LogP contribution in [0.5, 0.6) is 0 Å². The van der Waals surface area contributed by atoms with E-state index in [2.05, 4.69) is 14.9 Å². The fourth-order valence-electron chi connectivity index (χ4n) is 2.01. The Bertz CT molecular complexity index is 862. The molecule has 0 aliphatic heterocycles. The minimum atomic E-state index is -0.320. The van der Waals surface area contributed by atoms with Gasteiger partial charge in [0.2, 0.25) is 0 Å². The van der Waals surface area contributed by atoms with E-state index in [1.165, 1.54) is 0 Å². The molecule has 0 saturated carbocycles. The van der Waals surface area contributed by atoms with Crippen molar-refractivity contribution in [3.8, 4) is 11.3 Å². The second-order valence-corrected chi connectivity index (χ2v) is 6.49. The lowest BCUT2D eigenvalue weighted by Crippen LogP contribution is -2.11. The van der Waals surface area contributed by atoms with E-state index in [0.717, 1.165) is 22.7 Å². The van der Waals surface area contributed by atoms with Crippen molar-refractivity contribution in [2.75, 3.05) is 5.32 Å². The summed E-state index contributed by atoms with van der Waals surface area (Å²) in [6, 6.07) is 12.6. The number of nitrogens with zero attached hydrogens (tertiary/aromatic N) is 2. The Morgan fingerprint density at radius 2 is 1.87 bits per heavy atom. The zero-order valence-electron chi connectivity index (χ0n) is 12.0. The summed E-state index contributed by atoms with van der Waals surface area (Å²) >= 11 is 13.0. The number of aryl methyl sites for hydroxylation is 1. The molecule has 7 heteroatoms. The summed E-state index contributed by atoms with van der Waals surface area (Å²) in [5.41, 5.74) is 2.97. The number of amides is 1. The number of carbonyl (C=O) groups excluding carboxylic acids is 1. The Balaban J connectivity index is 1.91. The number of aromatic nitrogens is 2. The van der Waals surface area contributed by atoms with E-state index in [4.69, 9.17) is 23.2 Å². The molecule has 0 aliphatic rings. The summed E-state index contributed by atoms with van der Waals surface area (Å²) in [4.78, 5) is 12.9. The first kappa shape index (κ1) is 15.9. The number of hydrogen-bond donors (Lipinski definition) is 1. The zero-order chi connectivity index (χ0) is 16.4. The van der Waals surface area contributed by atoms with Gasteiger partial charge in [-0.1, -0.05) is 57.5 Å². The van der Waals surface area contributed by atoms with E-state index in [0.29, 0.717) is 26.3 Å². The summed E-state index contributed by atoms with van der Waals surface area (Å²) in [6.45, 7) is 2.00. The van der Waals surface area contributed by atoms with Crippen molar-refractivity contribution >= 4 is 46.3 Å². The molecule has 0 saturated heterocycles. The normalized spacial score (nSPS) is 10.6. The number of nitrogens with one attached hydrogen (secondary N) is 1. The van der Waals surface area contributed by atoms with E-state index >= 15 is 0 Å². The molecule has 23 heavy (non-hydrogen) atoms. The van der Waals surface area contributed by atoms with Gasteiger partial charge in [-0.15, -0.1) is 5.10 Å². The first-order chi connectivity index (χ1) is 11.0. The molecule has 1 N–H and O–H groups in total. The molecular formula is C16H11Cl2N3OS. The van der Waals surface area contributed by atoms with Crippen molar-refractivity contribution in [1.29, 1.82) is 0 Å². The van der Waals surface area contributed by atoms with Crippen LogP contribution in [0.4, 0.5) is 5.69 Å². The minimum absolute atomic E-state index is 0.320. The van der Waals surface area contributed by atoms with Crippen LogP contribution in [0.25, 0.3) is 11.3 Å². The van der Waals surface area contributed by atoms with Crippen molar-refractivity contribution in [2.24, 2.45) is 0 Å². The van der Waals surface area contributed by atoms with Crippen LogP contribution < -0.4 is 5.32 Å². The van der Waals surface area contributed by atoms with Crippen molar-refractivity contribution in [3.63, 3.8) is 0 Å². The van der Waals surface area contributed by atoms with Crippen LogP contribution in [0.3, 0.4) is 0 Å². The average Bonchev–Trinajstić information content (AvgIpc) is 3.01. The van der Waals surface area contributed by atoms with Crippen LogP contribution in [0.15, 0.2) is 42.5 Å². The molecule has 0 bridgehead atoms. The molecular weight excluding hydrogens is 353 g/mol. The molecule has 1 amide bonds. The Morgan fingerprint density at radius 3 is 2.61 bits per heavy atom. The lowest BCUT2D eigenvalue weighted by Gasteiger charge is -2.07. The first-order valence-electron chi connectivity index (χ1n) is 6.70. The molecule has 0 aliphatic carbocycles. The quantitative estimate of drug-likeness (QED) is 0.706. The molecule has 116 valence electrons. The number of hydrogen-bond acceptors (Lipinski definition) is 4. The third-order valence-electron chi connectivity index (χ3n) is 3.20. The Morgan fingerprint density at radius 1 is 1.13 bits per heavy atom. The number of benzene rings is 2. The van der Waals surface area contributed by atoms with Gasteiger partial charge < -0.3 is 5.32 Å². The molecule has 3 aromatic rings.